The van der Waals surface area contributed by atoms with Crippen LogP contribution in [0.3, 0.4) is 0 Å². The summed E-state index contributed by atoms with van der Waals surface area (Å²) in [6.45, 7) is 2.36. The largest absolute Gasteiger partial charge is 0.380 e. The summed E-state index contributed by atoms with van der Waals surface area (Å²) < 4.78 is 1.60. The highest BCUT2D eigenvalue weighted by Crippen LogP contribution is 2.24. The standard InChI is InChI=1S/C22H22N6O4/c1-14(15-6-8-18(9-7-15)28-13-23-12-24-28)25-21(30)19(26-32)20(29)22(31)27-10-16-4-2-3-5-17(16)11-27/h2-9,12-14,19-20,29H,10-11H2,1H3,(H,25,30)/t14-,19-,20-/m1/s1. The van der Waals surface area contributed by atoms with E-state index in [0.29, 0.717) is 13.1 Å². The third-order valence-corrected chi connectivity index (χ3v) is 5.52. The van der Waals surface area contributed by atoms with Crippen LogP contribution in [0.1, 0.15) is 29.7 Å². The Kier molecular flexibility index (Phi) is 6.04. The Morgan fingerprint density at radius 2 is 1.75 bits per heavy atom. The minimum Gasteiger partial charge on any atom is -0.380 e. The number of nitrogens with one attached hydrogen (secondary N) is 1. The molecule has 0 aliphatic carbocycles. The number of hydrogen-bond donors (Lipinski definition) is 2. The normalized spacial score (nSPS) is 15.5. The van der Waals surface area contributed by atoms with Gasteiger partial charge in [-0.05, 0) is 35.7 Å². The zero-order chi connectivity index (χ0) is 22.7. The molecule has 3 aromatic rings. The molecule has 10 nitrogen and oxygen atoms in total. The van der Waals surface area contributed by atoms with Crippen molar-refractivity contribution in [1.82, 2.24) is 25.0 Å². The van der Waals surface area contributed by atoms with Gasteiger partial charge >= 0.3 is 0 Å². The van der Waals surface area contributed by atoms with Crippen LogP contribution >= 0.6 is 0 Å². The second-order valence-corrected chi connectivity index (χ2v) is 7.62. The maximum absolute atomic E-state index is 12.7. The fourth-order valence-corrected chi connectivity index (χ4v) is 3.70. The molecule has 2 heterocycles. The molecule has 164 valence electrons. The lowest BCUT2D eigenvalue weighted by Crippen LogP contribution is -2.49. The Balaban J connectivity index is 1.39. The van der Waals surface area contributed by atoms with Gasteiger partial charge in [0.25, 0.3) is 11.8 Å². The van der Waals surface area contributed by atoms with E-state index in [2.05, 4.69) is 20.6 Å². The number of aromatic nitrogens is 3. The predicted molar refractivity (Wildman–Crippen MR) is 114 cm³/mol. The molecule has 4 rings (SSSR count). The highest BCUT2D eigenvalue weighted by atomic mass is 16.3. The van der Waals surface area contributed by atoms with E-state index in [9.17, 15) is 19.6 Å². The molecule has 0 bridgehead atoms. The van der Waals surface area contributed by atoms with Crippen LogP contribution in [0.25, 0.3) is 5.69 Å². The van der Waals surface area contributed by atoms with Crippen molar-refractivity contribution in [3.05, 3.63) is 82.8 Å². The van der Waals surface area contributed by atoms with Crippen molar-refractivity contribution in [2.75, 3.05) is 0 Å². The molecule has 1 aromatic heterocycles. The molecule has 0 spiro atoms. The molecule has 1 aliphatic heterocycles. The minimum atomic E-state index is -1.86. The van der Waals surface area contributed by atoms with E-state index in [-0.39, 0.29) is 0 Å². The summed E-state index contributed by atoms with van der Waals surface area (Å²) in [4.78, 5) is 42.0. The van der Waals surface area contributed by atoms with Crippen LogP contribution in [0, 0.1) is 4.91 Å². The number of hydrogen-bond acceptors (Lipinski definition) is 7. The van der Waals surface area contributed by atoms with E-state index in [0.717, 1.165) is 22.4 Å². The first-order chi connectivity index (χ1) is 15.5. The number of aliphatic hydroxyl groups is 1. The van der Waals surface area contributed by atoms with E-state index in [4.69, 9.17) is 0 Å². The summed E-state index contributed by atoms with van der Waals surface area (Å²) in [7, 11) is 0. The zero-order valence-corrected chi connectivity index (χ0v) is 17.3. The second kappa shape index (κ2) is 9.06. The Morgan fingerprint density at radius 1 is 1.09 bits per heavy atom. The minimum absolute atomic E-state index is 0.313. The van der Waals surface area contributed by atoms with Crippen LogP contribution in [-0.2, 0) is 22.7 Å². The third-order valence-electron chi connectivity index (χ3n) is 5.52. The van der Waals surface area contributed by atoms with Gasteiger partial charge in [-0.1, -0.05) is 41.6 Å². The van der Waals surface area contributed by atoms with E-state index in [1.54, 1.807) is 30.1 Å². The van der Waals surface area contributed by atoms with Gasteiger partial charge in [0.15, 0.2) is 6.10 Å². The van der Waals surface area contributed by atoms with Crippen LogP contribution in [0.4, 0.5) is 0 Å². The molecule has 1 aliphatic rings. The molecular formula is C22H22N6O4. The van der Waals surface area contributed by atoms with Gasteiger partial charge in [0.05, 0.1) is 11.7 Å². The second-order valence-electron chi connectivity index (χ2n) is 7.62. The zero-order valence-electron chi connectivity index (χ0n) is 17.3. The lowest BCUT2D eigenvalue weighted by atomic mass is 10.1. The molecule has 2 amide bonds. The molecule has 3 atom stereocenters. The summed E-state index contributed by atoms with van der Waals surface area (Å²) in [6, 6.07) is 12.5. The van der Waals surface area contributed by atoms with Gasteiger partial charge in [-0.15, -0.1) is 4.91 Å². The number of carbonyl (C=O) groups excluding carboxylic acids is 2. The number of nitrogens with zero attached hydrogens (tertiary/aromatic N) is 5. The molecule has 2 N–H and O–H groups in total. The average molecular weight is 434 g/mol. The fourth-order valence-electron chi connectivity index (χ4n) is 3.70. The molecule has 0 unspecified atom stereocenters. The van der Waals surface area contributed by atoms with Gasteiger partial charge in [-0.3, -0.25) is 9.59 Å². The quantitative estimate of drug-likeness (QED) is 0.542. The maximum Gasteiger partial charge on any atom is 0.254 e. The highest BCUT2D eigenvalue weighted by molar-refractivity contribution is 5.92. The van der Waals surface area contributed by atoms with Crippen LogP contribution in [0.2, 0.25) is 0 Å². The Morgan fingerprint density at radius 3 is 2.31 bits per heavy atom. The molecule has 2 aromatic carbocycles. The van der Waals surface area contributed by atoms with Gasteiger partial charge in [-0.2, -0.15) is 5.10 Å². The Bertz CT molecular complexity index is 1090. The third kappa shape index (κ3) is 4.26. The fraction of sp³-hybridized carbons (Fsp3) is 0.273. The van der Waals surface area contributed by atoms with Crippen LogP contribution < -0.4 is 5.32 Å². The molecular weight excluding hydrogens is 412 g/mol. The first kappa shape index (κ1) is 21.3. The van der Waals surface area contributed by atoms with Crippen molar-refractivity contribution in [2.45, 2.75) is 38.2 Å². The monoisotopic (exact) mass is 434 g/mol. The van der Waals surface area contributed by atoms with E-state index < -0.39 is 30.0 Å². The van der Waals surface area contributed by atoms with Gasteiger partial charge in [0.1, 0.15) is 12.7 Å². The van der Waals surface area contributed by atoms with Crippen LogP contribution in [-0.4, -0.2) is 48.7 Å². The van der Waals surface area contributed by atoms with Crippen LogP contribution in [0.5, 0.6) is 0 Å². The highest BCUT2D eigenvalue weighted by Gasteiger charge is 2.38. The maximum atomic E-state index is 12.7. The number of aliphatic hydroxyl groups excluding tert-OH is 1. The summed E-state index contributed by atoms with van der Waals surface area (Å²) in [5, 5.41) is 19.9. The number of nitroso groups, excluding NO2 is 1. The number of carbonyl (C=O) groups is 2. The molecule has 0 saturated carbocycles. The summed E-state index contributed by atoms with van der Waals surface area (Å²) in [5.74, 6) is -1.52. The first-order valence-corrected chi connectivity index (χ1v) is 10.1. The van der Waals surface area contributed by atoms with Crippen molar-refractivity contribution in [3.63, 3.8) is 0 Å². The Labute approximate surface area is 183 Å². The van der Waals surface area contributed by atoms with Crippen molar-refractivity contribution < 1.29 is 14.7 Å². The summed E-state index contributed by atoms with van der Waals surface area (Å²) >= 11 is 0. The molecule has 32 heavy (non-hydrogen) atoms. The molecule has 10 heteroatoms. The number of benzene rings is 2. The number of rotatable bonds is 7. The molecule has 0 fully saturated rings. The van der Waals surface area contributed by atoms with Crippen molar-refractivity contribution in [3.8, 4) is 5.69 Å². The van der Waals surface area contributed by atoms with Crippen molar-refractivity contribution in [2.24, 2.45) is 5.18 Å². The van der Waals surface area contributed by atoms with Gasteiger partial charge in [-0.25, -0.2) is 9.67 Å². The molecule has 0 saturated heterocycles. The van der Waals surface area contributed by atoms with E-state index in [1.165, 1.54) is 11.2 Å². The van der Waals surface area contributed by atoms with E-state index in [1.807, 2.05) is 36.4 Å². The van der Waals surface area contributed by atoms with Crippen LogP contribution in [0.15, 0.2) is 66.4 Å². The predicted octanol–water partition coefficient (Wildman–Crippen LogP) is 1.48. The van der Waals surface area contributed by atoms with Crippen molar-refractivity contribution >= 4 is 11.8 Å². The Hall–Kier alpha value is -3.92. The number of fused-ring (bicyclic) bond motifs is 1. The van der Waals surface area contributed by atoms with Crippen molar-refractivity contribution in [1.29, 1.82) is 0 Å². The lowest BCUT2D eigenvalue weighted by Gasteiger charge is -2.23. The number of amides is 2. The topological polar surface area (TPSA) is 130 Å². The SMILES string of the molecule is C[C@@H](NC(=O)[C@H](N=O)[C@@H](O)C(=O)N1Cc2ccccc2C1)c1ccc(-n2cncn2)cc1. The summed E-state index contributed by atoms with van der Waals surface area (Å²) in [6.07, 6.45) is 1.14. The lowest BCUT2D eigenvalue weighted by molar-refractivity contribution is -0.145. The molecule has 0 radical (unpaired) electrons. The van der Waals surface area contributed by atoms with Gasteiger partial charge < -0.3 is 15.3 Å². The smallest absolute Gasteiger partial charge is 0.254 e. The van der Waals surface area contributed by atoms with Gasteiger partial charge in [0.2, 0.25) is 6.04 Å². The first-order valence-electron chi connectivity index (χ1n) is 10.1. The summed E-state index contributed by atoms with van der Waals surface area (Å²) in [5.41, 5.74) is 3.50. The average Bonchev–Trinajstić information content (AvgIpc) is 3.49. The van der Waals surface area contributed by atoms with E-state index >= 15 is 0 Å². The van der Waals surface area contributed by atoms with Gasteiger partial charge in [0, 0.05) is 13.1 Å².